The fourth-order valence-corrected chi connectivity index (χ4v) is 3.67. The van der Waals surface area contributed by atoms with Crippen LogP contribution in [0.1, 0.15) is 18.4 Å². The van der Waals surface area contributed by atoms with Crippen molar-refractivity contribution in [2.75, 3.05) is 11.9 Å². The van der Waals surface area contributed by atoms with Gasteiger partial charge in [0.25, 0.3) is 0 Å². The maximum absolute atomic E-state index is 14.4. The summed E-state index contributed by atoms with van der Waals surface area (Å²) in [6, 6.07) is 11.4. The Hall–Kier alpha value is -2.21. The molecule has 6 heteroatoms. The monoisotopic (exact) mass is 403 g/mol. The molecule has 2 heterocycles. The van der Waals surface area contributed by atoms with E-state index in [1.54, 1.807) is 4.68 Å². The lowest BCUT2D eigenvalue weighted by atomic mass is 10.0. The average Bonchev–Trinajstić information content (AvgIpc) is 2.78. The van der Waals surface area contributed by atoms with Gasteiger partial charge in [-0.15, -0.1) is 0 Å². The van der Waals surface area contributed by atoms with Crippen molar-refractivity contribution < 1.29 is 8.78 Å². The number of aromatic nitrogens is 2. The van der Waals surface area contributed by atoms with Crippen LogP contribution >= 0.6 is 15.9 Å². The molecule has 1 N–H and O–H groups in total. The molecule has 0 bridgehead atoms. The molecule has 128 valence electrons. The summed E-state index contributed by atoms with van der Waals surface area (Å²) in [4.78, 5) is 0. The molecule has 3 nitrogen and oxygen atoms in total. The van der Waals surface area contributed by atoms with E-state index in [0.29, 0.717) is 0 Å². The quantitative estimate of drug-likeness (QED) is 0.626. The molecular weight excluding hydrogens is 388 g/mol. The fraction of sp³-hybridized carbons (Fsp3) is 0.211. The molecule has 1 aliphatic rings. The van der Waals surface area contributed by atoms with E-state index in [-0.39, 0.29) is 5.69 Å². The highest BCUT2D eigenvalue weighted by atomic mass is 79.9. The highest BCUT2D eigenvalue weighted by Crippen LogP contribution is 2.37. The maximum Gasteiger partial charge on any atom is 0.151 e. The normalized spacial score (nSPS) is 13.9. The lowest BCUT2D eigenvalue weighted by Crippen LogP contribution is -2.08. The van der Waals surface area contributed by atoms with Gasteiger partial charge in [0.05, 0.1) is 5.69 Å². The molecule has 0 aliphatic carbocycles. The van der Waals surface area contributed by atoms with Crippen molar-refractivity contribution >= 4 is 21.7 Å². The minimum atomic E-state index is -0.630. The predicted octanol–water partition coefficient (Wildman–Crippen LogP) is 5.33. The molecule has 0 saturated heterocycles. The Labute approximate surface area is 152 Å². The molecule has 3 aromatic rings. The van der Waals surface area contributed by atoms with E-state index >= 15 is 0 Å². The van der Waals surface area contributed by atoms with Gasteiger partial charge in [0.15, 0.2) is 5.82 Å². The van der Waals surface area contributed by atoms with Gasteiger partial charge < -0.3 is 5.32 Å². The largest absolute Gasteiger partial charge is 0.370 e. The standard InChI is InChI=1S/C19H16BrF2N3/c20-15-7-2-1-5-13(15)18-14-6-3-4-10-23-19(14)25(24-18)17-9-8-12(21)11-16(17)22/h1-2,5,7-9,11,23H,3-4,6,10H2. The minimum absolute atomic E-state index is 0.241. The summed E-state index contributed by atoms with van der Waals surface area (Å²) in [6.07, 6.45) is 2.94. The molecular formula is C19H16BrF2N3. The van der Waals surface area contributed by atoms with Gasteiger partial charge in [-0.05, 0) is 37.5 Å². The van der Waals surface area contributed by atoms with Crippen molar-refractivity contribution in [1.29, 1.82) is 0 Å². The molecule has 0 spiro atoms. The van der Waals surface area contributed by atoms with E-state index in [1.165, 1.54) is 12.1 Å². The topological polar surface area (TPSA) is 29.9 Å². The second-order valence-electron chi connectivity index (χ2n) is 6.05. The molecule has 1 aliphatic heterocycles. The molecule has 0 atom stereocenters. The van der Waals surface area contributed by atoms with Crippen molar-refractivity contribution in [3.8, 4) is 16.9 Å². The van der Waals surface area contributed by atoms with E-state index in [4.69, 9.17) is 0 Å². The lowest BCUT2D eigenvalue weighted by molar-refractivity contribution is 0.574. The van der Waals surface area contributed by atoms with Gasteiger partial charge in [0, 0.05) is 28.2 Å². The summed E-state index contributed by atoms with van der Waals surface area (Å²) in [6.45, 7) is 0.802. The van der Waals surface area contributed by atoms with Crippen molar-refractivity contribution in [2.24, 2.45) is 0 Å². The molecule has 25 heavy (non-hydrogen) atoms. The summed E-state index contributed by atoms with van der Waals surface area (Å²) in [7, 11) is 0. The highest BCUT2D eigenvalue weighted by molar-refractivity contribution is 9.10. The van der Waals surface area contributed by atoms with Gasteiger partial charge in [-0.25, -0.2) is 13.5 Å². The smallest absolute Gasteiger partial charge is 0.151 e. The average molecular weight is 404 g/mol. The SMILES string of the molecule is Fc1ccc(-n2nc(-c3ccccc3Br)c3c2NCCCC3)c(F)c1. The van der Waals surface area contributed by atoms with Crippen LogP contribution in [0.2, 0.25) is 0 Å². The predicted molar refractivity (Wildman–Crippen MR) is 98.0 cm³/mol. The van der Waals surface area contributed by atoms with Crippen LogP contribution in [-0.4, -0.2) is 16.3 Å². The van der Waals surface area contributed by atoms with Gasteiger partial charge in [-0.2, -0.15) is 5.10 Å². The lowest BCUT2D eigenvalue weighted by Gasteiger charge is -2.10. The minimum Gasteiger partial charge on any atom is -0.370 e. The summed E-state index contributed by atoms with van der Waals surface area (Å²) in [5.74, 6) is -0.442. The van der Waals surface area contributed by atoms with Crippen LogP contribution < -0.4 is 5.32 Å². The number of anilines is 1. The van der Waals surface area contributed by atoms with Crippen LogP contribution in [0.3, 0.4) is 0 Å². The van der Waals surface area contributed by atoms with Crippen LogP contribution in [0.15, 0.2) is 46.9 Å². The van der Waals surface area contributed by atoms with Crippen molar-refractivity contribution in [2.45, 2.75) is 19.3 Å². The third-order valence-corrected chi connectivity index (χ3v) is 5.09. The van der Waals surface area contributed by atoms with E-state index in [9.17, 15) is 8.78 Å². The highest BCUT2D eigenvalue weighted by Gasteiger charge is 2.24. The Balaban J connectivity index is 1.95. The van der Waals surface area contributed by atoms with Crippen LogP contribution in [-0.2, 0) is 6.42 Å². The number of hydrogen-bond acceptors (Lipinski definition) is 2. The Morgan fingerprint density at radius 3 is 2.72 bits per heavy atom. The van der Waals surface area contributed by atoms with Gasteiger partial charge in [0.1, 0.15) is 17.3 Å². The summed E-state index contributed by atoms with van der Waals surface area (Å²) in [5.41, 5.74) is 3.09. The van der Waals surface area contributed by atoms with E-state index < -0.39 is 11.6 Å². The molecule has 2 aromatic carbocycles. The first kappa shape index (κ1) is 16.3. The van der Waals surface area contributed by atoms with E-state index in [1.807, 2.05) is 24.3 Å². The van der Waals surface area contributed by atoms with Crippen molar-refractivity contribution in [3.05, 3.63) is 64.1 Å². The Morgan fingerprint density at radius 2 is 1.92 bits per heavy atom. The Morgan fingerprint density at radius 1 is 1.08 bits per heavy atom. The van der Waals surface area contributed by atoms with E-state index in [2.05, 4.69) is 26.3 Å². The number of nitrogens with zero attached hydrogens (tertiary/aromatic N) is 2. The van der Waals surface area contributed by atoms with Crippen LogP contribution in [0, 0.1) is 11.6 Å². The second kappa shape index (κ2) is 6.59. The third-order valence-electron chi connectivity index (χ3n) is 4.40. The summed E-state index contributed by atoms with van der Waals surface area (Å²) >= 11 is 3.58. The number of hydrogen-bond donors (Lipinski definition) is 1. The van der Waals surface area contributed by atoms with Crippen molar-refractivity contribution in [1.82, 2.24) is 9.78 Å². The molecule has 0 unspecified atom stereocenters. The van der Waals surface area contributed by atoms with Gasteiger partial charge in [0.2, 0.25) is 0 Å². The number of benzene rings is 2. The molecule has 1 aromatic heterocycles. The number of fused-ring (bicyclic) bond motifs is 1. The number of halogens is 3. The van der Waals surface area contributed by atoms with Gasteiger partial charge in [-0.1, -0.05) is 34.1 Å². The summed E-state index contributed by atoms with van der Waals surface area (Å²) < 4.78 is 30.2. The van der Waals surface area contributed by atoms with Crippen molar-refractivity contribution in [3.63, 3.8) is 0 Å². The number of rotatable bonds is 2. The fourth-order valence-electron chi connectivity index (χ4n) is 3.20. The first-order valence-corrected chi connectivity index (χ1v) is 9.00. The van der Waals surface area contributed by atoms with Crippen LogP contribution in [0.5, 0.6) is 0 Å². The number of nitrogens with one attached hydrogen (secondary N) is 1. The Kier molecular flexibility index (Phi) is 4.29. The summed E-state index contributed by atoms with van der Waals surface area (Å²) in [5, 5.41) is 8.06. The van der Waals surface area contributed by atoms with Gasteiger partial charge in [-0.3, -0.25) is 0 Å². The molecule has 0 fully saturated rings. The maximum atomic E-state index is 14.4. The first-order valence-electron chi connectivity index (χ1n) is 8.21. The third kappa shape index (κ3) is 2.95. The molecule has 0 radical (unpaired) electrons. The molecule has 0 amide bonds. The second-order valence-corrected chi connectivity index (χ2v) is 6.90. The zero-order chi connectivity index (χ0) is 17.4. The van der Waals surface area contributed by atoms with Gasteiger partial charge >= 0.3 is 0 Å². The van der Waals surface area contributed by atoms with E-state index in [0.717, 1.165) is 59.0 Å². The zero-order valence-corrected chi connectivity index (χ0v) is 15.0. The van der Waals surface area contributed by atoms with Crippen LogP contribution in [0.25, 0.3) is 16.9 Å². The molecule has 4 rings (SSSR count). The molecule has 0 saturated carbocycles. The first-order chi connectivity index (χ1) is 12.1. The zero-order valence-electron chi connectivity index (χ0n) is 13.4. The Bertz CT molecular complexity index is 936. The van der Waals surface area contributed by atoms with Crippen LogP contribution in [0.4, 0.5) is 14.6 Å².